The van der Waals surface area contributed by atoms with Crippen molar-refractivity contribution >= 4 is 33.7 Å². The molecule has 0 radical (unpaired) electrons. The number of aryl methyl sites for hydroxylation is 1. The van der Waals surface area contributed by atoms with Crippen molar-refractivity contribution in [1.29, 1.82) is 0 Å². The van der Waals surface area contributed by atoms with Gasteiger partial charge in [0.1, 0.15) is 0 Å². The Bertz CT molecular complexity index is 621. The lowest BCUT2D eigenvalue weighted by Gasteiger charge is -2.05. The van der Waals surface area contributed by atoms with E-state index < -0.39 is 0 Å². The van der Waals surface area contributed by atoms with Gasteiger partial charge in [-0.3, -0.25) is 4.79 Å². The maximum absolute atomic E-state index is 11.6. The first kappa shape index (κ1) is 15.3. The smallest absolute Gasteiger partial charge is 0.259 e. The van der Waals surface area contributed by atoms with Gasteiger partial charge in [-0.15, -0.1) is 0 Å². The van der Waals surface area contributed by atoms with Crippen molar-refractivity contribution in [1.82, 2.24) is 5.43 Å². The second kappa shape index (κ2) is 7.59. The van der Waals surface area contributed by atoms with Crippen LogP contribution in [0.1, 0.15) is 11.1 Å². The van der Waals surface area contributed by atoms with Crippen molar-refractivity contribution in [2.75, 3.05) is 11.9 Å². The van der Waals surface area contributed by atoms with Gasteiger partial charge in [0.25, 0.3) is 5.91 Å². The average Bonchev–Trinajstić information content (AvgIpc) is 2.49. The molecular weight excluding hydrogens is 330 g/mol. The molecule has 0 bridgehead atoms. The SMILES string of the molecule is Cc1ccc(/C=N\NC(=O)CNc2ccc(Br)cc2)cc1. The van der Waals surface area contributed by atoms with Crippen LogP contribution in [0.2, 0.25) is 0 Å². The molecular formula is C16H16BrN3O. The second-order valence-electron chi connectivity index (χ2n) is 4.56. The largest absolute Gasteiger partial charge is 0.376 e. The average molecular weight is 346 g/mol. The summed E-state index contributed by atoms with van der Waals surface area (Å²) in [6.45, 7) is 2.20. The molecule has 0 saturated carbocycles. The molecule has 0 heterocycles. The van der Waals surface area contributed by atoms with E-state index in [4.69, 9.17) is 0 Å². The first-order chi connectivity index (χ1) is 10.1. The molecule has 2 rings (SSSR count). The summed E-state index contributed by atoms with van der Waals surface area (Å²) >= 11 is 3.36. The number of halogens is 1. The Hall–Kier alpha value is -2.14. The van der Waals surface area contributed by atoms with Crippen LogP contribution in [0.25, 0.3) is 0 Å². The highest BCUT2D eigenvalue weighted by atomic mass is 79.9. The number of nitrogens with one attached hydrogen (secondary N) is 2. The number of hydrogen-bond acceptors (Lipinski definition) is 3. The predicted octanol–water partition coefficient (Wildman–Crippen LogP) is 3.32. The van der Waals surface area contributed by atoms with E-state index in [0.29, 0.717) is 0 Å². The number of amides is 1. The lowest BCUT2D eigenvalue weighted by molar-refractivity contribution is -0.119. The minimum atomic E-state index is -0.193. The number of hydrazone groups is 1. The van der Waals surface area contributed by atoms with Gasteiger partial charge in [-0.1, -0.05) is 45.8 Å². The van der Waals surface area contributed by atoms with Gasteiger partial charge < -0.3 is 5.32 Å². The molecule has 0 aromatic heterocycles. The van der Waals surface area contributed by atoms with E-state index in [1.165, 1.54) is 5.56 Å². The quantitative estimate of drug-likeness (QED) is 0.645. The molecule has 0 aliphatic carbocycles. The summed E-state index contributed by atoms with van der Waals surface area (Å²) in [5.41, 5.74) is 5.51. The van der Waals surface area contributed by atoms with E-state index in [-0.39, 0.29) is 12.5 Å². The molecule has 1 amide bonds. The number of rotatable bonds is 5. The van der Waals surface area contributed by atoms with E-state index in [1.54, 1.807) is 6.21 Å². The first-order valence-electron chi connectivity index (χ1n) is 6.51. The minimum absolute atomic E-state index is 0.173. The molecule has 4 nitrogen and oxygen atoms in total. The summed E-state index contributed by atoms with van der Waals surface area (Å²) in [5.74, 6) is -0.193. The first-order valence-corrected chi connectivity index (χ1v) is 7.31. The zero-order valence-corrected chi connectivity index (χ0v) is 13.2. The molecule has 21 heavy (non-hydrogen) atoms. The fraction of sp³-hybridized carbons (Fsp3) is 0.125. The van der Waals surface area contributed by atoms with Crippen LogP contribution in [0, 0.1) is 6.92 Å². The van der Waals surface area contributed by atoms with Gasteiger partial charge in [0.2, 0.25) is 0 Å². The van der Waals surface area contributed by atoms with E-state index in [9.17, 15) is 4.79 Å². The lowest BCUT2D eigenvalue weighted by atomic mass is 10.2. The van der Waals surface area contributed by atoms with Crippen molar-refractivity contribution in [2.24, 2.45) is 5.10 Å². The summed E-state index contributed by atoms with van der Waals surface area (Å²) < 4.78 is 1.00. The normalized spacial score (nSPS) is 10.6. The number of hydrogen-bond donors (Lipinski definition) is 2. The molecule has 0 aliphatic rings. The summed E-state index contributed by atoms with van der Waals surface area (Å²) in [7, 11) is 0. The third-order valence-corrected chi connectivity index (χ3v) is 3.31. The summed E-state index contributed by atoms with van der Waals surface area (Å²) in [6, 6.07) is 15.5. The molecule has 108 valence electrons. The molecule has 0 atom stereocenters. The molecule has 5 heteroatoms. The fourth-order valence-corrected chi connectivity index (χ4v) is 1.89. The topological polar surface area (TPSA) is 53.5 Å². The molecule has 0 unspecified atom stereocenters. The molecule has 0 saturated heterocycles. The number of carbonyl (C=O) groups is 1. The third-order valence-electron chi connectivity index (χ3n) is 2.78. The Balaban J connectivity index is 1.77. The van der Waals surface area contributed by atoms with Gasteiger partial charge in [0.05, 0.1) is 12.8 Å². The van der Waals surface area contributed by atoms with E-state index in [2.05, 4.69) is 31.8 Å². The van der Waals surface area contributed by atoms with Gasteiger partial charge in [0.15, 0.2) is 0 Å². The van der Waals surface area contributed by atoms with Crippen LogP contribution < -0.4 is 10.7 Å². The number of benzene rings is 2. The van der Waals surface area contributed by atoms with Crippen LogP contribution in [0.5, 0.6) is 0 Å². The highest BCUT2D eigenvalue weighted by Gasteiger charge is 1.99. The maximum atomic E-state index is 11.6. The van der Waals surface area contributed by atoms with Gasteiger partial charge in [-0.2, -0.15) is 5.10 Å². The Kier molecular flexibility index (Phi) is 5.51. The number of nitrogens with zero attached hydrogens (tertiary/aromatic N) is 1. The van der Waals surface area contributed by atoms with Crippen molar-refractivity contribution < 1.29 is 4.79 Å². The Morgan fingerprint density at radius 1 is 1.14 bits per heavy atom. The van der Waals surface area contributed by atoms with Crippen LogP contribution in [0.4, 0.5) is 5.69 Å². The summed E-state index contributed by atoms with van der Waals surface area (Å²) in [4.78, 5) is 11.6. The molecule has 2 N–H and O–H groups in total. The fourth-order valence-electron chi connectivity index (χ4n) is 1.62. The van der Waals surface area contributed by atoms with Crippen molar-refractivity contribution in [3.05, 3.63) is 64.1 Å². The van der Waals surface area contributed by atoms with Crippen LogP contribution in [0.15, 0.2) is 58.1 Å². The monoisotopic (exact) mass is 345 g/mol. The highest BCUT2D eigenvalue weighted by molar-refractivity contribution is 9.10. The van der Waals surface area contributed by atoms with Gasteiger partial charge in [-0.25, -0.2) is 5.43 Å². The zero-order chi connectivity index (χ0) is 15.1. The molecule has 0 fully saturated rings. The van der Waals surface area contributed by atoms with Crippen LogP contribution >= 0.6 is 15.9 Å². The van der Waals surface area contributed by atoms with E-state index in [1.807, 2.05) is 55.5 Å². The van der Waals surface area contributed by atoms with Crippen LogP contribution in [-0.2, 0) is 4.79 Å². The van der Waals surface area contributed by atoms with Crippen LogP contribution in [0.3, 0.4) is 0 Å². The Labute approximate surface area is 132 Å². The van der Waals surface area contributed by atoms with Gasteiger partial charge in [-0.05, 0) is 36.8 Å². The van der Waals surface area contributed by atoms with E-state index >= 15 is 0 Å². The Morgan fingerprint density at radius 3 is 2.48 bits per heavy atom. The zero-order valence-electron chi connectivity index (χ0n) is 11.6. The second-order valence-corrected chi connectivity index (χ2v) is 5.48. The van der Waals surface area contributed by atoms with Crippen molar-refractivity contribution in [3.8, 4) is 0 Å². The third kappa shape index (κ3) is 5.39. The van der Waals surface area contributed by atoms with E-state index in [0.717, 1.165) is 15.7 Å². The minimum Gasteiger partial charge on any atom is -0.376 e. The molecule has 0 spiro atoms. The standard InChI is InChI=1S/C16H16BrN3O/c1-12-2-4-13(5-3-12)10-19-20-16(21)11-18-15-8-6-14(17)7-9-15/h2-10,18H,11H2,1H3,(H,20,21)/b19-10-. The molecule has 0 aliphatic heterocycles. The lowest BCUT2D eigenvalue weighted by Crippen LogP contribution is -2.25. The number of anilines is 1. The number of carbonyl (C=O) groups excluding carboxylic acids is 1. The van der Waals surface area contributed by atoms with Gasteiger partial charge >= 0.3 is 0 Å². The predicted molar refractivity (Wildman–Crippen MR) is 89.5 cm³/mol. The summed E-state index contributed by atoms with van der Waals surface area (Å²) in [5, 5.41) is 6.95. The van der Waals surface area contributed by atoms with Crippen molar-refractivity contribution in [2.45, 2.75) is 6.92 Å². The molecule has 2 aromatic rings. The highest BCUT2D eigenvalue weighted by Crippen LogP contribution is 2.13. The van der Waals surface area contributed by atoms with Gasteiger partial charge in [0, 0.05) is 10.2 Å². The molecule has 2 aromatic carbocycles. The Morgan fingerprint density at radius 2 is 1.81 bits per heavy atom. The van der Waals surface area contributed by atoms with Crippen molar-refractivity contribution in [3.63, 3.8) is 0 Å². The van der Waals surface area contributed by atoms with Crippen LogP contribution in [-0.4, -0.2) is 18.7 Å². The summed E-state index contributed by atoms with van der Waals surface area (Å²) in [6.07, 6.45) is 1.62. The maximum Gasteiger partial charge on any atom is 0.259 e.